The van der Waals surface area contributed by atoms with E-state index in [9.17, 15) is 0 Å². The number of hydrogen-bond donors (Lipinski definition) is 1. The Kier molecular flexibility index (Phi) is 4.67. The molecule has 1 saturated carbocycles. The van der Waals surface area contributed by atoms with Crippen LogP contribution < -0.4 is 10.1 Å². The van der Waals surface area contributed by atoms with Crippen LogP contribution in [0.15, 0.2) is 28.7 Å². The van der Waals surface area contributed by atoms with Gasteiger partial charge in [0.2, 0.25) is 0 Å². The molecular formula is C17H20BrNOS. The van der Waals surface area contributed by atoms with Gasteiger partial charge in [-0.3, -0.25) is 0 Å². The summed E-state index contributed by atoms with van der Waals surface area (Å²) in [7, 11) is 0. The number of aryl methyl sites for hydroxylation is 2. The van der Waals surface area contributed by atoms with Crippen molar-refractivity contribution >= 4 is 27.3 Å². The molecule has 21 heavy (non-hydrogen) atoms. The fraction of sp³-hybridized carbons (Fsp3) is 0.412. The molecule has 0 spiro atoms. The second-order valence-electron chi connectivity index (χ2n) is 5.65. The first kappa shape index (κ1) is 15.1. The summed E-state index contributed by atoms with van der Waals surface area (Å²) in [6.07, 6.45) is 2.67. The zero-order chi connectivity index (χ0) is 14.8. The van der Waals surface area contributed by atoms with E-state index in [2.05, 4.69) is 47.2 Å². The lowest BCUT2D eigenvalue weighted by Gasteiger charge is -2.09. The van der Waals surface area contributed by atoms with Crippen LogP contribution in [0, 0.1) is 13.8 Å². The molecule has 0 aliphatic heterocycles. The molecule has 3 rings (SSSR count). The predicted molar refractivity (Wildman–Crippen MR) is 92.1 cm³/mol. The van der Waals surface area contributed by atoms with Gasteiger partial charge >= 0.3 is 0 Å². The van der Waals surface area contributed by atoms with Gasteiger partial charge in [0.15, 0.2) is 0 Å². The monoisotopic (exact) mass is 365 g/mol. The van der Waals surface area contributed by atoms with Gasteiger partial charge in [0.1, 0.15) is 12.4 Å². The van der Waals surface area contributed by atoms with Crippen LogP contribution >= 0.6 is 27.3 Å². The first-order chi connectivity index (χ1) is 10.1. The minimum atomic E-state index is 0.647. The van der Waals surface area contributed by atoms with Gasteiger partial charge in [-0.05, 0) is 56.5 Å². The number of nitrogens with one attached hydrogen (secondary N) is 1. The molecule has 112 valence electrons. The van der Waals surface area contributed by atoms with Crippen LogP contribution in [-0.2, 0) is 13.2 Å². The number of halogens is 1. The Bertz CT molecular complexity index is 634. The maximum Gasteiger partial charge on any atom is 0.122 e. The van der Waals surface area contributed by atoms with Crippen LogP contribution in [0.3, 0.4) is 0 Å². The van der Waals surface area contributed by atoms with E-state index in [4.69, 9.17) is 4.74 Å². The first-order valence-corrected chi connectivity index (χ1v) is 8.93. The van der Waals surface area contributed by atoms with Crippen molar-refractivity contribution in [3.63, 3.8) is 0 Å². The second kappa shape index (κ2) is 6.51. The van der Waals surface area contributed by atoms with Crippen molar-refractivity contribution < 1.29 is 4.74 Å². The lowest BCUT2D eigenvalue weighted by molar-refractivity contribution is 0.304. The van der Waals surface area contributed by atoms with Crippen LogP contribution in [0.1, 0.15) is 33.7 Å². The van der Waals surface area contributed by atoms with Crippen LogP contribution in [0.5, 0.6) is 5.75 Å². The normalized spacial score (nSPS) is 14.4. The van der Waals surface area contributed by atoms with Crippen LogP contribution in [-0.4, -0.2) is 6.04 Å². The van der Waals surface area contributed by atoms with Gasteiger partial charge < -0.3 is 10.1 Å². The van der Waals surface area contributed by atoms with E-state index in [-0.39, 0.29) is 0 Å². The molecule has 1 heterocycles. The lowest BCUT2D eigenvalue weighted by atomic mass is 10.2. The zero-order valence-electron chi connectivity index (χ0n) is 12.4. The van der Waals surface area contributed by atoms with Crippen molar-refractivity contribution in [3.05, 3.63) is 49.6 Å². The molecule has 0 saturated heterocycles. The molecule has 1 aromatic carbocycles. The summed E-state index contributed by atoms with van der Waals surface area (Å²) in [5.41, 5.74) is 2.46. The highest BCUT2D eigenvalue weighted by Crippen LogP contribution is 2.27. The summed E-state index contributed by atoms with van der Waals surface area (Å²) in [6.45, 7) is 5.89. The minimum Gasteiger partial charge on any atom is -0.489 e. The van der Waals surface area contributed by atoms with Gasteiger partial charge in [0.25, 0.3) is 0 Å². The molecule has 0 bridgehead atoms. The molecule has 0 unspecified atom stereocenters. The van der Waals surface area contributed by atoms with Gasteiger partial charge in [-0.15, -0.1) is 11.3 Å². The molecule has 1 fully saturated rings. The van der Waals surface area contributed by atoms with Gasteiger partial charge in [-0.2, -0.15) is 0 Å². The molecule has 1 aromatic heterocycles. The quantitative estimate of drug-likeness (QED) is 0.780. The van der Waals surface area contributed by atoms with E-state index in [0.717, 1.165) is 28.4 Å². The molecule has 0 amide bonds. The van der Waals surface area contributed by atoms with E-state index in [1.54, 1.807) is 0 Å². The van der Waals surface area contributed by atoms with Crippen molar-refractivity contribution in [2.24, 2.45) is 0 Å². The Morgan fingerprint density at radius 3 is 2.81 bits per heavy atom. The fourth-order valence-corrected chi connectivity index (χ4v) is 3.76. The summed E-state index contributed by atoms with van der Waals surface area (Å²) < 4.78 is 7.07. The minimum absolute atomic E-state index is 0.647. The first-order valence-electron chi connectivity index (χ1n) is 7.32. The topological polar surface area (TPSA) is 21.3 Å². The Balaban J connectivity index is 1.61. The van der Waals surface area contributed by atoms with Crippen molar-refractivity contribution in [3.8, 4) is 5.75 Å². The van der Waals surface area contributed by atoms with Gasteiger partial charge in [-0.25, -0.2) is 0 Å². The molecule has 2 nitrogen and oxygen atoms in total. The third-order valence-corrected chi connectivity index (χ3v) is 5.32. The van der Waals surface area contributed by atoms with Crippen molar-refractivity contribution in [2.75, 3.05) is 0 Å². The maximum absolute atomic E-state index is 5.98. The standard InChI is InChI=1S/C17H20BrNOS/c1-11-7-14(18)3-6-17(11)20-10-13-8-16(21-12(13)2)9-19-15-4-5-15/h3,6-8,15,19H,4-5,9-10H2,1-2H3. The summed E-state index contributed by atoms with van der Waals surface area (Å²) in [4.78, 5) is 2.77. The molecule has 4 heteroatoms. The van der Waals surface area contributed by atoms with E-state index < -0.39 is 0 Å². The van der Waals surface area contributed by atoms with Crippen molar-refractivity contribution in [2.45, 2.75) is 45.9 Å². The smallest absolute Gasteiger partial charge is 0.122 e. The third kappa shape index (κ3) is 4.09. The van der Waals surface area contributed by atoms with E-state index in [1.807, 2.05) is 23.5 Å². The van der Waals surface area contributed by atoms with Gasteiger partial charge in [-0.1, -0.05) is 15.9 Å². The van der Waals surface area contributed by atoms with Crippen LogP contribution in [0.4, 0.5) is 0 Å². The van der Waals surface area contributed by atoms with Crippen LogP contribution in [0.2, 0.25) is 0 Å². The summed E-state index contributed by atoms with van der Waals surface area (Å²) in [5.74, 6) is 0.960. The Labute approximate surface area is 138 Å². The largest absolute Gasteiger partial charge is 0.489 e. The Morgan fingerprint density at radius 2 is 2.10 bits per heavy atom. The molecule has 1 N–H and O–H groups in total. The zero-order valence-corrected chi connectivity index (χ0v) is 14.8. The highest BCUT2D eigenvalue weighted by atomic mass is 79.9. The molecule has 1 aliphatic carbocycles. The highest BCUT2D eigenvalue weighted by molar-refractivity contribution is 9.10. The van der Waals surface area contributed by atoms with Crippen LogP contribution in [0.25, 0.3) is 0 Å². The maximum atomic E-state index is 5.98. The van der Waals surface area contributed by atoms with E-state index >= 15 is 0 Å². The highest BCUT2D eigenvalue weighted by Gasteiger charge is 2.20. The molecule has 1 aliphatic rings. The number of ether oxygens (including phenoxy) is 1. The number of hydrogen-bond acceptors (Lipinski definition) is 3. The SMILES string of the molecule is Cc1cc(Br)ccc1OCc1cc(CNC2CC2)sc1C. The van der Waals surface area contributed by atoms with E-state index in [1.165, 1.54) is 28.2 Å². The molecule has 0 atom stereocenters. The molecule has 2 aromatic rings. The number of rotatable bonds is 6. The van der Waals surface area contributed by atoms with Gasteiger partial charge in [0, 0.05) is 32.4 Å². The van der Waals surface area contributed by atoms with Crippen molar-refractivity contribution in [1.29, 1.82) is 0 Å². The summed E-state index contributed by atoms with van der Waals surface area (Å²) in [5, 5.41) is 3.57. The summed E-state index contributed by atoms with van der Waals surface area (Å²) >= 11 is 5.36. The second-order valence-corrected chi connectivity index (χ2v) is 7.90. The van der Waals surface area contributed by atoms with Gasteiger partial charge in [0.05, 0.1) is 0 Å². The average molecular weight is 366 g/mol. The predicted octanol–water partition coefficient (Wildman–Crippen LogP) is 4.96. The number of benzene rings is 1. The summed E-state index contributed by atoms with van der Waals surface area (Å²) in [6, 6.07) is 9.17. The fourth-order valence-electron chi connectivity index (χ4n) is 2.28. The Hall–Kier alpha value is -0.840. The average Bonchev–Trinajstić information content (AvgIpc) is 3.20. The van der Waals surface area contributed by atoms with E-state index in [0.29, 0.717) is 6.61 Å². The number of thiophene rings is 1. The third-order valence-electron chi connectivity index (χ3n) is 3.73. The lowest BCUT2D eigenvalue weighted by Crippen LogP contribution is -2.14. The Morgan fingerprint density at radius 1 is 1.29 bits per heavy atom. The van der Waals surface area contributed by atoms with Crippen molar-refractivity contribution in [1.82, 2.24) is 5.32 Å². The molecular weight excluding hydrogens is 346 g/mol. The molecule has 0 radical (unpaired) electrons.